The number of H-pyrrole nitrogens is 1. The molecule has 0 amide bonds. The van der Waals surface area contributed by atoms with Gasteiger partial charge in [-0.1, -0.05) is 18.2 Å². The van der Waals surface area contributed by atoms with Crippen molar-refractivity contribution in [3.05, 3.63) is 73.8 Å². The van der Waals surface area contributed by atoms with Crippen LogP contribution in [0.25, 0.3) is 5.69 Å². The second-order valence-electron chi connectivity index (χ2n) is 7.16. The molecule has 3 aromatic rings. The lowest BCUT2D eigenvalue weighted by Crippen LogP contribution is -2.35. The normalized spacial score (nSPS) is 15.5. The summed E-state index contributed by atoms with van der Waals surface area (Å²) in [5.74, 6) is 1.01. The van der Waals surface area contributed by atoms with Gasteiger partial charge in [0.2, 0.25) is 5.88 Å². The second-order valence-corrected chi connectivity index (χ2v) is 7.55. The van der Waals surface area contributed by atoms with Gasteiger partial charge in [0.25, 0.3) is 5.56 Å². The van der Waals surface area contributed by atoms with Gasteiger partial charge in [-0.05, 0) is 60.5 Å². The summed E-state index contributed by atoms with van der Waals surface area (Å²) in [4.78, 5) is 15.6. The molecule has 0 spiro atoms. The lowest BCUT2D eigenvalue weighted by molar-refractivity contribution is 0.352. The smallest absolute Gasteiger partial charge is 0.260 e. The highest BCUT2D eigenvalue weighted by Gasteiger charge is 2.30. The van der Waals surface area contributed by atoms with Crippen molar-refractivity contribution in [1.29, 1.82) is 0 Å². The average molecular weight is 426 g/mol. The molecule has 2 heterocycles. The van der Waals surface area contributed by atoms with E-state index >= 15 is 0 Å². The van der Waals surface area contributed by atoms with E-state index in [0.29, 0.717) is 23.7 Å². The van der Waals surface area contributed by atoms with Crippen LogP contribution in [0, 0.1) is 11.7 Å². The Morgan fingerprint density at radius 3 is 2.57 bits per heavy atom. The Hall–Kier alpha value is -3.10. The number of nitrogens with one attached hydrogen (secondary N) is 2. The molecule has 2 aromatic carbocycles. The summed E-state index contributed by atoms with van der Waals surface area (Å²) in [5.41, 5.74) is 3.29. The van der Waals surface area contributed by atoms with Gasteiger partial charge in [0, 0.05) is 6.54 Å². The standard InChI is InChI=1S/C22H23N3O4S/c1-12-6-4-5-7-15(12)25-21(27)18(20(26)24-22(25)30)19-14-11-17(29-3)16(28-2)10-13(14)8-9-23-19/h4-7,10-11,19,23,27H,8-9H2,1-3H3,(H,24,26,30)/t19-/m1/s1. The number of aromatic hydroxyl groups is 1. The molecule has 7 nitrogen and oxygen atoms in total. The first-order valence-electron chi connectivity index (χ1n) is 9.58. The number of aryl methyl sites for hydroxylation is 1. The molecule has 156 valence electrons. The summed E-state index contributed by atoms with van der Waals surface area (Å²) < 4.78 is 12.5. The van der Waals surface area contributed by atoms with E-state index in [9.17, 15) is 9.90 Å². The predicted octanol–water partition coefficient (Wildman–Crippen LogP) is 3.16. The molecule has 0 fully saturated rings. The number of methoxy groups -OCH3 is 2. The Bertz CT molecular complexity index is 1230. The maximum atomic E-state index is 12.9. The number of benzene rings is 2. The number of ether oxygens (including phenoxy) is 2. The number of hydrogen-bond donors (Lipinski definition) is 3. The summed E-state index contributed by atoms with van der Waals surface area (Å²) in [6.07, 6.45) is 0.766. The number of rotatable bonds is 4. The van der Waals surface area contributed by atoms with E-state index < -0.39 is 11.6 Å². The molecule has 1 aliphatic rings. The average Bonchev–Trinajstić information content (AvgIpc) is 2.73. The number of nitrogens with zero attached hydrogens (tertiary/aromatic N) is 1. The third-order valence-corrected chi connectivity index (χ3v) is 5.75. The number of para-hydroxylation sites is 1. The van der Waals surface area contributed by atoms with Gasteiger partial charge < -0.3 is 19.9 Å². The van der Waals surface area contributed by atoms with Crippen LogP contribution in [0.4, 0.5) is 0 Å². The fourth-order valence-corrected chi connectivity index (χ4v) is 4.25. The molecule has 8 heteroatoms. The van der Waals surface area contributed by atoms with Gasteiger partial charge in [-0.15, -0.1) is 0 Å². The molecule has 30 heavy (non-hydrogen) atoms. The predicted molar refractivity (Wildman–Crippen MR) is 117 cm³/mol. The first-order chi connectivity index (χ1) is 14.5. The zero-order chi connectivity index (χ0) is 21.4. The summed E-state index contributed by atoms with van der Waals surface area (Å²) in [6, 6.07) is 10.8. The van der Waals surface area contributed by atoms with Crippen molar-refractivity contribution in [2.45, 2.75) is 19.4 Å². The highest BCUT2D eigenvalue weighted by Crippen LogP contribution is 2.38. The topological polar surface area (TPSA) is 88.5 Å². The minimum Gasteiger partial charge on any atom is -0.494 e. The summed E-state index contributed by atoms with van der Waals surface area (Å²) >= 11 is 5.37. The third-order valence-electron chi connectivity index (χ3n) is 5.47. The Balaban J connectivity index is 1.96. The molecule has 4 rings (SSSR count). The first kappa shape index (κ1) is 20.2. The first-order valence-corrected chi connectivity index (χ1v) is 9.99. The number of hydrogen-bond acceptors (Lipinski definition) is 6. The van der Waals surface area contributed by atoms with Gasteiger partial charge in [-0.3, -0.25) is 14.3 Å². The second kappa shape index (κ2) is 7.97. The lowest BCUT2D eigenvalue weighted by atomic mass is 9.90. The molecule has 0 aliphatic carbocycles. The largest absolute Gasteiger partial charge is 0.494 e. The van der Waals surface area contributed by atoms with Crippen LogP contribution in [0.5, 0.6) is 17.4 Å². The molecule has 0 radical (unpaired) electrons. The van der Waals surface area contributed by atoms with Crippen LogP contribution in [0.1, 0.15) is 28.3 Å². The minimum absolute atomic E-state index is 0.138. The van der Waals surface area contributed by atoms with E-state index in [1.54, 1.807) is 14.2 Å². The molecule has 0 bridgehead atoms. The molecule has 1 aliphatic heterocycles. The fourth-order valence-electron chi connectivity index (χ4n) is 3.98. The SMILES string of the molecule is COc1cc2c(cc1OC)[C@H](c1c(O)n(-c3ccccc3C)c(=S)[nH]c1=O)NCC2. The van der Waals surface area contributed by atoms with Crippen LogP contribution in [-0.2, 0) is 6.42 Å². The lowest BCUT2D eigenvalue weighted by Gasteiger charge is -2.29. The van der Waals surface area contributed by atoms with Crippen molar-refractivity contribution in [3.8, 4) is 23.1 Å². The Labute approximate surface area is 178 Å². The summed E-state index contributed by atoms with van der Waals surface area (Å²) in [6.45, 7) is 2.57. The quantitative estimate of drug-likeness (QED) is 0.557. The fraction of sp³-hybridized carbons (Fsp3) is 0.273. The highest BCUT2D eigenvalue weighted by molar-refractivity contribution is 7.71. The van der Waals surface area contributed by atoms with Gasteiger partial charge in [-0.2, -0.15) is 0 Å². The molecule has 0 saturated carbocycles. The van der Waals surface area contributed by atoms with Crippen LogP contribution in [0.3, 0.4) is 0 Å². The number of aromatic nitrogens is 2. The molecule has 0 saturated heterocycles. The van der Waals surface area contributed by atoms with Crippen molar-refractivity contribution in [2.75, 3.05) is 20.8 Å². The van der Waals surface area contributed by atoms with E-state index in [1.807, 2.05) is 43.3 Å². The molecular weight excluding hydrogens is 402 g/mol. The van der Waals surface area contributed by atoms with Crippen molar-refractivity contribution >= 4 is 12.2 Å². The van der Waals surface area contributed by atoms with E-state index in [0.717, 1.165) is 23.1 Å². The van der Waals surface area contributed by atoms with Gasteiger partial charge >= 0.3 is 0 Å². The van der Waals surface area contributed by atoms with Crippen molar-refractivity contribution in [1.82, 2.24) is 14.9 Å². The van der Waals surface area contributed by atoms with Crippen LogP contribution in [0.2, 0.25) is 0 Å². The van der Waals surface area contributed by atoms with Crippen LogP contribution >= 0.6 is 12.2 Å². The van der Waals surface area contributed by atoms with E-state index in [4.69, 9.17) is 21.7 Å². The molecule has 3 N–H and O–H groups in total. The van der Waals surface area contributed by atoms with Crippen molar-refractivity contribution in [3.63, 3.8) is 0 Å². The van der Waals surface area contributed by atoms with Crippen LogP contribution < -0.4 is 20.3 Å². The van der Waals surface area contributed by atoms with Crippen LogP contribution in [-0.4, -0.2) is 35.4 Å². The van der Waals surface area contributed by atoms with Crippen LogP contribution in [0.15, 0.2) is 41.2 Å². The van der Waals surface area contributed by atoms with Gasteiger partial charge in [-0.25, -0.2) is 0 Å². The monoisotopic (exact) mass is 425 g/mol. The molecule has 1 aromatic heterocycles. The Morgan fingerprint density at radius 1 is 1.17 bits per heavy atom. The summed E-state index contributed by atoms with van der Waals surface area (Å²) in [5, 5.41) is 14.6. The molecular formula is C22H23N3O4S. The Morgan fingerprint density at radius 2 is 1.87 bits per heavy atom. The van der Waals surface area contributed by atoms with Crippen molar-refractivity contribution < 1.29 is 14.6 Å². The van der Waals surface area contributed by atoms with E-state index in [-0.39, 0.29) is 16.2 Å². The number of fused-ring (bicyclic) bond motifs is 1. The van der Waals surface area contributed by atoms with Gasteiger partial charge in [0.05, 0.1) is 31.5 Å². The highest BCUT2D eigenvalue weighted by atomic mass is 32.1. The maximum Gasteiger partial charge on any atom is 0.260 e. The van der Waals surface area contributed by atoms with Crippen molar-refractivity contribution in [2.24, 2.45) is 0 Å². The van der Waals surface area contributed by atoms with E-state index in [2.05, 4.69) is 10.3 Å². The zero-order valence-electron chi connectivity index (χ0n) is 17.0. The minimum atomic E-state index is -0.525. The molecule has 1 atom stereocenters. The summed E-state index contributed by atoms with van der Waals surface area (Å²) in [7, 11) is 3.16. The van der Waals surface area contributed by atoms with Gasteiger partial charge in [0.1, 0.15) is 0 Å². The molecule has 0 unspecified atom stereocenters. The van der Waals surface area contributed by atoms with E-state index in [1.165, 1.54) is 4.57 Å². The van der Waals surface area contributed by atoms with Gasteiger partial charge in [0.15, 0.2) is 16.3 Å². The zero-order valence-corrected chi connectivity index (χ0v) is 17.8. The maximum absolute atomic E-state index is 12.9. The third kappa shape index (κ3) is 3.28. The number of aromatic amines is 1. The Kier molecular flexibility index (Phi) is 5.36.